The Labute approximate surface area is 285 Å². The summed E-state index contributed by atoms with van der Waals surface area (Å²) in [5, 5.41) is 12.2. The van der Waals surface area contributed by atoms with Crippen molar-refractivity contribution in [3.8, 4) is 5.75 Å². The number of benzene rings is 4. The van der Waals surface area contributed by atoms with Crippen LogP contribution >= 0.6 is 0 Å². The molecule has 0 spiro atoms. The summed E-state index contributed by atoms with van der Waals surface area (Å²) in [6.07, 6.45) is 1.09. The van der Waals surface area contributed by atoms with Gasteiger partial charge in [-0.15, -0.1) is 0 Å². The van der Waals surface area contributed by atoms with Crippen LogP contribution in [0.3, 0.4) is 0 Å². The molecule has 4 aromatic carbocycles. The number of phenols is 1. The van der Waals surface area contributed by atoms with Crippen LogP contribution < -0.4 is 10.2 Å². The number of nitrogens with zero attached hydrogens (tertiary/aromatic N) is 3. The zero-order chi connectivity index (χ0) is 34.1. The Bertz CT molecular complexity index is 1950. The monoisotopic (exact) mass is 654 g/mol. The zero-order valence-electron chi connectivity index (χ0n) is 27.4. The molecule has 248 valence electrons. The normalized spacial score (nSPS) is 18.8. The van der Waals surface area contributed by atoms with Crippen molar-refractivity contribution in [3.05, 3.63) is 130 Å². The molecule has 9 nitrogen and oxygen atoms in total. The molecule has 0 bridgehead atoms. The van der Waals surface area contributed by atoms with Gasteiger partial charge in [-0.25, -0.2) is 0 Å². The highest BCUT2D eigenvalue weighted by Crippen LogP contribution is 2.36. The van der Waals surface area contributed by atoms with E-state index in [4.69, 9.17) is 0 Å². The molecule has 0 aromatic heterocycles. The highest BCUT2D eigenvalue weighted by Gasteiger charge is 2.44. The topological polar surface area (TPSA) is 110 Å². The van der Waals surface area contributed by atoms with Crippen LogP contribution in [0, 0.1) is 0 Å². The van der Waals surface area contributed by atoms with E-state index in [0.717, 1.165) is 65.5 Å². The minimum atomic E-state index is -0.969. The third kappa shape index (κ3) is 6.37. The lowest BCUT2D eigenvalue weighted by Gasteiger charge is -2.36. The van der Waals surface area contributed by atoms with Gasteiger partial charge in [-0.1, -0.05) is 67.6 Å². The standard InChI is InChI=1S/C40H38N4O5/c1-2-32(27-6-4-3-5-7-27)37(29-11-15-31(45)16-12-29)28-9-13-30(14-10-28)43-22-20-42(21-23-43)25-26-8-17-33-34(24-26)40(49)44(39(33)48)35-18-19-36(46)41-38(35)47/h3-17,24,35,45H,2,18-23,25H2,1H3,(H,41,46,47). The molecular weight excluding hydrogens is 616 g/mol. The molecular formula is C40H38N4O5. The number of hydrogen-bond acceptors (Lipinski definition) is 7. The Balaban J connectivity index is 1.03. The number of amides is 4. The van der Waals surface area contributed by atoms with Crippen molar-refractivity contribution in [2.75, 3.05) is 31.1 Å². The molecule has 1 unspecified atom stereocenters. The van der Waals surface area contributed by atoms with Gasteiger partial charge in [0.25, 0.3) is 11.8 Å². The number of aromatic hydroxyl groups is 1. The molecule has 0 radical (unpaired) electrons. The van der Waals surface area contributed by atoms with E-state index in [1.165, 1.54) is 11.1 Å². The van der Waals surface area contributed by atoms with Gasteiger partial charge in [0.1, 0.15) is 11.8 Å². The van der Waals surface area contributed by atoms with Crippen LogP contribution in [0.2, 0.25) is 0 Å². The maximum atomic E-state index is 13.3. The van der Waals surface area contributed by atoms with Gasteiger partial charge in [0.05, 0.1) is 11.1 Å². The smallest absolute Gasteiger partial charge is 0.262 e. The second-order valence-electron chi connectivity index (χ2n) is 12.8. The number of fused-ring (bicyclic) bond motifs is 1. The first-order valence-corrected chi connectivity index (χ1v) is 16.8. The maximum Gasteiger partial charge on any atom is 0.262 e. The van der Waals surface area contributed by atoms with E-state index in [9.17, 15) is 24.3 Å². The second kappa shape index (κ2) is 13.5. The van der Waals surface area contributed by atoms with E-state index < -0.39 is 29.7 Å². The Morgan fingerprint density at radius 3 is 2.06 bits per heavy atom. The van der Waals surface area contributed by atoms with Gasteiger partial charge >= 0.3 is 0 Å². The third-order valence-electron chi connectivity index (χ3n) is 9.74. The Hall–Kier alpha value is -5.54. The highest BCUT2D eigenvalue weighted by molar-refractivity contribution is 6.23. The van der Waals surface area contributed by atoms with Gasteiger partial charge in [0, 0.05) is 44.8 Å². The molecule has 4 aromatic rings. The van der Waals surface area contributed by atoms with E-state index in [1.807, 2.05) is 24.3 Å². The molecule has 2 fully saturated rings. The predicted molar refractivity (Wildman–Crippen MR) is 188 cm³/mol. The molecule has 0 aliphatic carbocycles. The minimum Gasteiger partial charge on any atom is -0.508 e. The number of imide groups is 2. The third-order valence-corrected chi connectivity index (χ3v) is 9.74. The molecule has 2 saturated heterocycles. The van der Waals surface area contributed by atoms with Crippen LogP contribution in [0.1, 0.15) is 69.2 Å². The number of carbonyl (C=O) groups excluding carboxylic acids is 4. The van der Waals surface area contributed by atoms with Crippen molar-refractivity contribution in [1.82, 2.24) is 15.1 Å². The average Bonchev–Trinajstić information content (AvgIpc) is 3.36. The number of hydrogen-bond donors (Lipinski definition) is 2. The first-order valence-electron chi connectivity index (χ1n) is 16.8. The fraction of sp³-hybridized carbons (Fsp3) is 0.250. The number of piperidine rings is 1. The molecule has 4 amide bonds. The summed E-state index contributed by atoms with van der Waals surface area (Å²) >= 11 is 0. The lowest BCUT2D eigenvalue weighted by molar-refractivity contribution is -0.136. The maximum absolute atomic E-state index is 13.3. The summed E-state index contributed by atoms with van der Waals surface area (Å²) in [5.41, 5.74) is 8.45. The summed E-state index contributed by atoms with van der Waals surface area (Å²) in [5.74, 6) is -1.73. The number of nitrogens with one attached hydrogen (secondary N) is 1. The van der Waals surface area contributed by atoms with E-state index in [-0.39, 0.29) is 18.6 Å². The molecule has 1 atom stereocenters. The van der Waals surface area contributed by atoms with E-state index in [0.29, 0.717) is 17.7 Å². The average molecular weight is 655 g/mol. The molecule has 2 N–H and O–H groups in total. The lowest BCUT2D eigenvalue weighted by Crippen LogP contribution is -2.54. The summed E-state index contributed by atoms with van der Waals surface area (Å²) in [6, 6.07) is 30.9. The second-order valence-corrected chi connectivity index (χ2v) is 12.8. The van der Waals surface area contributed by atoms with Crippen molar-refractivity contribution < 1.29 is 24.3 Å². The SMILES string of the molecule is CCC(=C(c1ccc(O)cc1)c1ccc(N2CCN(Cc3ccc4c(c3)C(=O)N(C3CCC(=O)NC3=O)C4=O)CC2)cc1)c1ccccc1. The zero-order valence-corrected chi connectivity index (χ0v) is 27.4. The van der Waals surface area contributed by atoms with Gasteiger partial charge in [0.15, 0.2) is 0 Å². The van der Waals surface area contributed by atoms with Crippen molar-refractivity contribution in [2.24, 2.45) is 0 Å². The largest absolute Gasteiger partial charge is 0.508 e. The quantitative estimate of drug-likeness (QED) is 0.191. The van der Waals surface area contributed by atoms with Crippen LogP contribution in [0.25, 0.3) is 11.1 Å². The first-order chi connectivity index (χ1) is 23.8. The fourth-order valence-electron chi connectivity index (χ4n) is 7.19. The van der Waals surface area contributed by atoms with Crippen LogP contribution in [0.5, 0.6) is 5.75 Å². The summed E-state index contributed by atoms with van der Waals surface area (Å²) in [6.45, 7) is 6.17. The number of anilines is 1. The van der Waals surface area contributed by atoms with Gasteiger partial charge in [-0.2, -0.15) is 0 Å². The van der Waals surface area contributed by atoms with E-state index >= 15 is 0 Å². The fourth-order valence-corrected chi connectivity index (χ4v) is 7.19. The minimum absolute atomic E-state index is 0.0944. The van der Waals surface area contributed by atoms with Crippen molar-refractivity contribution in [1.29, 1.82) is 0 Å². The van der Waals surface area contributed by atoms with Crippen molar-refractivity contribution >= 4 is 40.5 Å². The van der Waals surface area contributed by atoms with E-state index in [1.54, 1.807) is 24.3 Å². The molecule has 0 saturated carbocycles. The molecule has 7 rings (SSSR count). The number of rotatable bonds is 8. The first kappa shape index (κ1) is 32.0. The van der Waals surface area contributed by atoms with Crippen molar-refractivity contribution in [3.63, 3.8) is 0 Å². The summed E-state index contributed by atoms with van der Waals surface area (Å²) in [4.78, 5) is 56.1. The van der Waals surface area contributed by atoms with Gasteiger partial charge in [0.2, 0.25) is 11.8 Å². The molecule has 49 heavy (non-hydrogen) atoms. The molecule has 3 aliphatic heterocycles. The molecule has 3 heterocycles. The van der Waals surface area contributed by atoms with Crippen LogP contribution in [-0.4, -0.2) is 70.8 Å². The lowest BCUT2D eigenvalue weighted by atomic mass is 9.88. The Morgan fingerprint density at radius 2 is 1.41 bits per heavy atom. The highest BCUT2D eigenvalue weighted by atomic mass is 16.3. The summed E-state index contributed by atoms with van der Waals surface area (Å²) < 4.78 is 0. The predicted octanol–water partition coefficient (Wildman–Crippen LogP) is 5.48. The number of phenolic OH excluding ortho intramolecular Hbond substituents is 1. The van der Waals surface area contributed by atoms with Crippen LogP contribution in [0.15, 0.2) is 97.1 Å². The van der Waals surface area contributed by atoms with Gasteiger partial charge in [-0.05, 0) is 82.6 Å². The van der Waals surface area contributed by atoms with Crippen molar-refractivity contribution in [2.45, 2.75) is 38.8 Å². The number of piperazine rings is 1. The Morgan fingerprint density at radius 1 is 0.755 bits per heavy atom. The summed E-state index contributed by atoms with van der Waals surface area (Å²) in [7, 11) is 0. The molecule has 3 aliphatic rings. The van der Waals surface area contributed by atoms with Crippen LogP contribution in [-0.2, 0) is 16.1 Å². The Kier molecular flexibility index (Phi) is 8.84. The number of carbonyl (C=O) groups is 4. The molecule has 9 heteroatoms. The van der Waals surface area contributed by atoms with E-state index in [2.05, 4.69) is 70.6 Å². The van der Waals surface area contributed by atoms with Gasteiger partial charge < -0.3 is 10.0 Å². The van der Waals surface area contributed by atoms with Gasteiger partial charge in [-0.3, -0.25) is 34.3 Å². The van der Waals surface area contributed by atoms with Crippen LogP contribution in [0.4, 0.5) is 5.69 Å². The number of allylic oxidation sites excluding steroid dienone is 1.